The largest absolute Gasteiger partial charge is 0.481 e. The molecule has 21 heavy (non-hydrogen) atoms. The summed E-state index contributed by atoms with van der Waals surface area (Å²) in [5.41, 5.74) is 0.526. The third-order valence-electron chi connectivity index (χ3n) is 3.29. The van der Waals surface area contributed by atoms with E-state index in [-0.39, 0.29) is 24.4 Å². The van der Waals surface area contributed by atoms with E-state index in [0.717, 1.165) is 5.75 Å². The molecule has 112 valence electrons. The molecule has 0 amide bonds. The van der Waals surface area contributed by atoms with E-state index in [1.807, 2.05) is 25.3 Å². The maximum absolute atomic E-state index is 12.7. The summed E-state index contributed by atoms with van der Waals surface area (Å²) in [4.78, 5) is 28.0. The van der Waals surface area contributed by atoms with Gasteiger partial charge in [0.1, 0.15) is 5.82 Å². The van der Waals surface area contributed by atoms with Crippen LogP contribution in [0.1, 0.15) is 25.2 Å². The second kappa shape index (κ2) is 6.76. The predicted molar refractivity (Wildman–Crippen MR) is 85.1 cm³/mol. The zero-order valence-corrected chi connectivity index (χ0v) is 12.9. The van der Waals surface area contributed by atoms with Crippen LogP contribution in [0.3, 0.4) is 0 Å². The Labute approximate surface area is 127 Å². The number of nitrogens with zero attached hydrogens (tertiary/aromatic N) is 2. The molecule has 1 N–H and O–H groups in total. The normalized spacial score (nSPS) is 12.5. The predicted octanol–water partition coefficient (Wildman–Crippen LogP) is 2.34. The number of fused-ring (bicyclic) bond motifs is 1. The highest BCUT2D eigenvalue weighted by Gasteiger charge is 2.16. The molecule has 1 aromatic heterocycles. The smallest absolute Gasteiger partial charge is 0.303 e. The topological polar surface area (TPSA) is 72.2 Å². The average molecular weight is 306 g/mol. The first kappa shape index (κ1) is 15.6. The molecule has 0 fully saturated rings. The van der Waals surface area contributed by atoms with Gasteiger partial charge >= 0.3 is 5.97 Å². The van der Waals surface area contributed by atoms with Crippen LogP contribution in [0, 0.1) is 0 Å². The van der Waals surface area contributed by atoms with Crippen LogP contribution in [-0.4, -0.2) is 32.6 Å². The van der Waals surface area contributed by atoms with Crippen molar-refractivity contribution >= 4 is 28.6 Å². The molecular formula is C15H18N2O3S. The summed E-state index contributed by atoms with van der Waals surface area (Å²) >= 11 is 1.65. The Balaban J connectivity index is 2.59. The minimum absolute atomic E-state index is 0.0200. The van der Waals surface area contributed by atoms with Crippen molar-refractivity contribution < 1.29 is 9.90 Å². The quantitative estimate of drug-likeness (QED) is 0.887. The second-order valence-electron chi connectivity index (χ2n) is 4.92. The van der Waals surface area contributed by atoms with E-state index in [2.05, 4.69) is 4.98 Å². The molecule has 6 heteroatoms. The van der Waals surface area contributed by atoms with Crippen molar-refractivity contribution in [3.05, 3.63) is 40.4 Å². The Morgan fingerprint density at radius 3 is 2.81 bits per heavy atom. The van der Waals surface area contributed by atoms with E-state index >= 15 is 0 Å². The Bertz CT molecular complexity index is 712. The van der Waals surface area contributed by atoms with Crippen molar-refractivity contribution in [2.24, 2.45) is 0 Å². The van der Waals surface area contributed by atoms with Gasteiger partial charge in [-0.15, -0.1) is 0 Å². The van der Waals surface area contributed by atoms with Gasteiger partial charge in [0.25, 0.3) is 5.56 Å². The number of benzene rings is 1. The van der Waals surface area contributed by atoms with Gasteiger partial charge in [0.2, 0.25) is 0 Å². The van der Waals surface area contributed by atoms with Crippen LogP contribution < -0.4 is 5.56 Å². The van der Waals surface area contributed by atoms with E-state index < -0.39 is 5.97 Å². The average Bonchev–Trinajstić information content (AvgIpc) is 2.45. The molecule has 1 heterocycles. The summed E-state index contributed by atoms with van der Waals surface area (Å²) in [6, 6.07) is 7.16. The second-order valence-corrected chi connectivity index (χ2v) is 5.83. The molecule has 0 bridgehead atoms. The van der Waals surface area contributed by atoms with Gasteiger partial charge in [0.15, 0.2) is 0 Å². The number of hydrogen-bond acceptors (Lipinski definition) is 4. The summed E-state index contributed by atoms with van der Waals surface area (Å²) in [7, 11) is 0. The van der Waals surface area contributed by atoms with Crippen molar-refractivity contribution in [3.63, 3.8) is 0 Å². The molecule has 0 aliphatic carbocycles. The fraction of sp³-hybridized carbons (Fsp3) is 0.400. The number of para-hydroxylation sites is 1. The first-order valence-corrected chi connectivity index (χ1v) is 8.15. The SMILES string of the molecule is CSCC(C)n1c(CCC(=O)O)nc2ccccc2c1=O. The van der Waals surface area contributed by atoms with Gasteiger partial charge in [-0.3, -0.25) is 14.2 Å². The van der Waals surface area contributed by atoms with Crippen molar-refractivity contribution in [1.29, 1.82) is 0 Å². The monoisotopic (exact) mass is 306 g/mol. The molecule has 0 aliphatic heterocycles. The van der Waals surface area contributed by atoms with Crippen molar-refractivity contribution in [3.8, 4) is 0 Å². The minimum atomic E-state index is -0.888. The third-order valence-corrected chi connectivity index (χ3v) is 4.11. The highest BCUT2D eigenvalue weighted by atomic mass is 32.2. The van der Waals surface area contributed by atoms with Gasteiger partial charge in [-0.25, -0.2) is 4.98 Å². The Hall–Kier alpha value is -1.82. The number of carboxylic acids is 1. The number of rotatable bonds is 6. The Morgan fingerprint density at radius 1 is 1.43 bits per heavy atom. The fourth-order valence-corrected chi connectivity index (χ4v) is 2.99. The molecule has 0 radical (unpaired) electrons. The molecule has 0 aliphatic rings. The number of aliphatic carboxylic acids is 1. The number of aryl methyl sites for hydroxylation is 1. The van der Waals surface area contributed by atoms with Crippen LogP contribution in [0.5, 0.6) is 0 Å². The molecule has 0 saturated carbocycles. The lowest BCUT2D eigenvalue weighted by Gasteiger charge is -2.19. The Kier molecular flexibility index (Phi) is 5.01. The summed E-state index contributed by atoms with van der Waals surface area (Å²) in [6.07, 6.45) is 2.21. The first-order chi connectivity index (χ1) is 10.0. The molecular weight excluding hydrogens is 288 g/mol. The fourth-order valence-electron chi connectivity index (χ4n) is 2.36. The number of carbonyl (C=O) groups is 1. The molecule has 0 spiro atoms. The van der Waals surface area contributed by atoms with Gasteiger partial charge < -0.3 is 5.11 Å². The number of carboxylic acid groups (broad SMARTS) is 1. The highest BCUT2D eigenvalue weighted by molar-refractivity contribution is 7.98. The van der Waals surface area contributed by atoms with E-state index in [1.54, 1.807) is 28.5 Å². The van der Waals surface area contributed by atoms with Crippen molar-refractivity contribution in [1.82, 2.24) is 9.55 Å². The van der Waals surface area contributed by atoms with E-state index in [4.69, 9.17) is 5.11 Å². The van der Waals surface area contributed by atoms with Gasteiger partial charge in [0.05, 0.1) is 17.3 Å². The van der Waals surface area contributed by atoms with Crippen LogP contribution in [0.25, 0.3) is 10.9 Å². The molecule has 2 rings (SSSR count). The lowest BCUT2D eigenvalue weighted by Crippen LogP contribution is -2.29. The van der Waals surface area contributed by atoms with Crippen LogP contribution in [-0.2, 0) is 11.2 Å². The lowest BCUT2D eigenvalue weighted by molar-refractivity contribution is -0.137. The van der Waals surface area contributed by atoms with Crippen molar-refractivity contribution in [2.45, 2.75) is 25.8 Å². The molecule has 0 saturated heterocycles. The highest BCUT2D eigenvalue weighted by Crippen LogP contribution is 2.16. The van der Waals surface area contributed by atoms with Crippen LogP contribution in [0.2, 0.25) is 0 Å². The standard InChI is InChI=1S/C15H18N2O3S/c1-10(9-21-2)17-13(7-8-14(18)19)16-12-6-4-3-5-11(12)15(17)20/h3-6,10H,7-9H2,1-2H3,(H,18,19). The third kappa shape index (κ3) is 3.44. The van der Waals surface area contributed by atoms with Gasteiger partial charge in [-0.2, -0.15) is 11.8 Å². The summed E-state index contributed by atoms with van der Waals surface area (Å²) in [5, 5.41) is 9.44. The molecule has 1 aromatic carbocycles. The minimum Gasteiger partial charge on any atom is -0.481 e. The summed E-state index contributed by atoms with van der Waals surface area (Å²) in [5.74, 6) is 0.434. The van der Waals surface area contributed by atoms with Crippen LogP contribution in [0.4, 0.5) is 0 Å². The maximum Gasteiger partial charge on any atom is 0.303 e. The van der Waals surface area contributed by atoms with E-state index in [9.17, 15) is 9.59 Å². The lowest BCUT2D eigenvalue weighted by atomic mass is 10.2. The Morgan fingerprint density at radius 2 is 2.14 bits per heavy atom. The van der Waals surface area contributed by atoms with Crippen LogP contribution in [0.15, 0.2) is 29.1 Å². The van der Waals surface area contributed by atoms with Gasteiger partial charge in [0, 0.05) is 18.2 Å². The molecule has 5 nitrogen and oxygen atoms in total. The first-order valence-electron chi connectivity index (χ1n) is 6.75. The molecule has 1 atom stereocenters. The number of thioether (sulfide) groups is 1. The van der Waals surface area contributed by atoms with Crippen LogP contribution >= 0.6 is 11.8 Å². The van der Waals surface area contributed by atoms with E-state index in [0.29, 0.717) is 16.7 Å². The summed E-state index contributed by atoms with van der Waals surface area (Å²) in [6.45, 7) is 1.96. The molecule has 1 unspecified atom stereocenters. The zero-order valence-electron chi connectivity index (χ0n) is 12.1. The number of aromatic nitrogens is 2. The summed E-state index contributed by atoms with van der Waals surface area (Å²) < 4.78 is 1.64. The van der Waals surface area contributed by atoms with Gasteiger partial charge in [-0.05, 0) is 25.3 Å². The zero-order chi connectivity index (χ0) is 15.4. The van der Waals surface area contributed by atoms with E-state index in [1.165, 1.54) is 0 Å². The maximum atomic E-state index is 12.7. The molecule has 2 aromatic rings. The van der Waals surface area contributed by atoms with Crippen molar-refractivity contribution in [2.75, 3.05) is 12.0 Å². The number of hydrogen-bond donors (Lipinski definition) is 1. The van der Waals surface area contributed by atoms with Gasteiger partial charge in [-0.1, -0.05) is 12.1 Å².